The highest BCUT2D eigenvalue weighted by Crippen LogP contribution is 2.21. The van der Waals surface area contributed by atoms with Crippen LogP contribution in [0.5, 0.6) is 11.5 Å². The normalized spacial score (nSPS) is 14.8. The van der Waals surface area contributed by atoms with Crippen LogP contribution in [0.2, 0.25) is 0 Å². The second-order valence-electron chi connectivity index (χ2n) is 6.70. The molecule has 0 radical (unpaired) electrons. The molecule has 2 aromatic rings. The predicted molar refractivity (Wildman–Crippen MR) is 101 cm³/mol. The average Bonchev–Trinajstić information content (AvgIpc) is 3.09. The zero-order chi connectivity index (χ0) is 19.2. The number of nitrogens with one attached hydrogen (secondary N) is 1. The molecule has 1 saturated heterocycles. The second kappa shape index (κ2) is 8.85. The van der Waals surface area contributed by atoms with Crippen LogP contribution >= 0.6 is 0 Å². The fourth-order valence-corrected chi connectivity index (χ4v) is 3.19. The van der Waals surface area contributed by atoms with Gasteiger partial charge in [0.05, 0.1) is 25.4 Å². The van der Waals surface area contributed by atoms with Gasteiger partial charge in [0.1, 0.15) is 18.1 Å². The summed E-state index contributed by atoms with van der Waals surface area (Å²) in [7, 11) is 3.38. The first-order valence-corrected chi connectivity index (χ1v) is 9.25. The molecule has 0 atom stereocenters. The third kappa shape index (κ3) is 4.57. The summed E-state index contributed by atoms with van der Waals surface area (Å²) in [6.07, 6.45) is 2.01. The van der Waals surface area contributed by atoms with Gasteiger partial charge in [0.25, 0.3) is 5.91 Å². The van der Waals surface area contributed by atoms with Gasteiger partial charge in [0, 0.05) is 7.05 Å². The Kier molecular flexibility index (Phi) is 6.28. The molecular weight excluding hydrogens is 346 g/mol. The Hall–Kier alpha value is -2.61. The lowest BCUT2D eigenvalue weighted by atomic mass is 10.1. The summed E-state index contributed by atoms with van der Waals surface area (Å²) in [5.74, 6) is 1.39. The Morgan fingerprint density at radius 2 is 1.93 bits per heavy atom. The molecule has 146 valence electrons. The van der Waals surface area contributed by atoms with Crippen LogP contribution in [0, 0.1) is 6.92 Å². The molecule has 2 heterocycles. The number of hydrogen-bond acceptors (Lipinski definition) is 6. The van der Waals surface area contributed by atoms with Crippen molar-refractivity contribution in [2.75, 3.05) is 40.4 Å². The number of likely N-dealkylation sites (N-methyl/N-ethyl adjacent to an activating group) is 1. The van der Waals surface area contributed by atoms with E-state index in [0.29, 0.717) is 24.9 Å². The van der Waals surface area contributed by atoms with Gasteiger partial charge in [-0.1, -0.05) is 5.21 Å². The van der Waals surface area contributed by atoms with Crippen LogP contribution in [0.4, 0.5) is 0 Å². The van der Waals surface area contributed by atoms with Crippen molar-refractivity contribution in [3.8, 4) is 11.5 Å². The van der Waals surface area contributed by atoms with Crippen molar-refractivity contribution in [1.29, 1.82) is 0 Å². The molecule has 0 saturated carbocycles. The van der Waals surface area contributed by atoms with Crippen molar-refractivity contribution in [3.05, 3.63) is 35.7 Å². The van der Waals surface area contributed by atoms with Crippen LogP contribution in [0.25, 0.3) is 0 Å². The molecule has 8 nitrogen and oxygen atoms in total. The zero-order valence-corrected chi connectivity index (χ0v) is 16.1. The number of aromatic nitrogens is 3. The number of amides is 1. The van der Waals surface area contributed by atoms with Gasteiger partial charge >= 0.3 is 0 Å². The minimum Gasteiger partial charge on any atom is -0.497 e. The summed E-state index contributed by atoms with van der Waals surface area (Å²) in [5.41, 5.74) is 1.25. The Morgan fingerprint density at radius 1 is 1.26 bits per heavy atom. The number of piperidine rings is 1. The molecule has 1 aliphatic rings. The van der Waals surface area contributed by atoms with Crippen molar-refractivity contribution in [3.63, 3.8) is 0 Å². The molecular formula is C19H27N5O3. The molecule has 1 N–H and O–H groups in total. The van der Waals surface area contributed by atoms with E-state index in [1.807, 2.05) is 35.9 Å². The standard InChI is InChI=1S/C19H27N5O3/c1-14-18(21-22-24(14)15-8-10-20-11-9-15)19(25)23(2)12-13-27-17-6-4-16(26-3)5-7-17/h4-7,15,20H,8-13H2,1-3H3. The first kappa shape index (κ1) is 19.2. The monoisotopic (exact) mass is 373 g/mol. The van der Waals surface area contributed by atoms with Gasteiger partial charge in [-0.25, -0.2) is 4.68 Å². The number of carbonyl (C=O) groups excluding carboxylic acids is 1. The molecule has 1 fully saturated rings. The number of nitrogens with zero attached hydrogens (tertiary/aromatic N) is 4. The Morgan fingerprint density at radius 3 is 2.59 bits per heavy atom. The van der Waals surface area contributed by atoms with E-state index in [-0.39, 0.29) is 5.91 Å². The van der Waals surface area contributed by atoms with Crippen LogP contribution in [0.1, 0.15) is 35.1 Å². The highest BCUT2D eigenvalue weighted by Gasteiger charge is 2.24. The van der Waals surface area contributed by atoms with E-state index < -0.39 is 0 Å². The van der Waals surface area contributed by atoms with Gasteiger partial charge in [0.2, 0.25) is 0 Å². The van der Waals surface area contributed by atoms with E-state index in [4.69, 9.17) is 9.47 Å². The third-order valence-electron chi connectivity index (χ3n) is 4.89. The van der Waals surface area contributed by atoms with Crippen molar-refractivity contribution in [1.82, 2.24) is 25.2 Å². The summed E-state index contributed by atoms with van der Waals surface area (Å²) in [6, 6.07) is 7.67. The third-order valence-corrected chi connectivity index (χ3v) is 4.89. The average molecular weight is 373 g/mol. The first-order valence-electron chi connectivity index (χ1n) is 9.25. The molecule has 1 aromatic heterocycles. The maximum Gasteiger partial charge on any atom is 0.276 e. The number of methoxy groups -OCH3 is 1. The lowest BCUT2D eigenvalue weighted by molar-refractivity contribution is 0.0767. The minimum absolute atomic E-state index is 0.133. The van der Waals surface area contributed by atoms with Gasteiger partial charge in [0.15, 0.2) is 5.69 Å². The molecule has 0 bridgehead atoms. The summed E-state index contributed by atoms with van der Waals surface area (Å²) in [6.45, 7) is 4.71. The summed E-state index contributed by atoms with van der Waals surface area (Å²) < 4.78 is 12.7. The van der Waals surface area contributed by atoms with E-state index in [1.165, 1.54) is 0 Å². The van der Waals surface area contributed by atoms with Crippen molar-refractivity contribution < 1.29 is 14.3 Å². The number of benzene rings is 1. The molecule has 0 aliphatic carbocycles. The molecule has 3 rings (SSSR count). The van der Waals surface area contributed by atoms with E-state index in [1.54, 1.807) is 19.1 Å². The molecule has 8 heteroatoms. The number of ether oxygens (including phenoxy) is 2. The fourth-order valence-electron chi connectivity index (χ4n) is 3.19. The molecule has 0 unspecified atom stereocenters. The van der Waals surface area contributed by atoms with Crippen molar-refractivity contribution in [2.24, 2.45) is 0 Å². The molecule has 0 spiro atoms. The molecule has 1 aliphatic heterocycles. The predicted octanol–water partition coefficient (Wildman–Crippen LogP) is 1.67. The van der Waals surface area contributed by atoms with E-state index >= 15 is 0 Å². The van der Waals surface area contributed by atoms with Gasteiger partial charge in [-0.15, -0.1) is 5.10 Å². The van der Waals surface area contributed by atoms with Crippen molar-refractivity contribution >= 4 is 5.91 Å². The topological polar surface area (TPSA) is 81.5 Å². The lowest BCUT2D eigenvalue weighted by Crippen LogP contribution is -2.32. The van der Waals surface area contributed by atoms with Gasteiger partial charge < -0.3 is 19.7 Å². The van der Waals surface area contributed by atoms with E-state index in [2.05, 4.69) is 15.6 Å². The zero-order valence-electron chi connectivity index (χ0n) is 16.1. The van der Waals surface area contributed by atoms with Gasteiger partial charge in [-0.3, -0.25) is 4.79 Å². The van der Waals surface area contributed by atoms with Crippen LogP contribution < -0.4 is 14.8 Å². The summed E-state index contributed by atoms with van der Waals surface area (Å²) in [5, 5.41) is 11.7. The van der Waals surface area contributed by atoms with Crippen LogP contribution in [-0.4, -0.2) is 66.2 Å². The Bertz CT molecular complexity index is 753. The smallest absolute Gasteiger partial charge is 0.276 e. The number of hydrogen-bond donors (Lipinski definition) is 1. The van der Waals surface area contributed by atoms with Crippen LogP contribution in [0.3, 0.4) is 0 Å². The largest absolute Gasteiger partial charge is 0.497 e. The maximum atomic E-state index is 12.7. The van der Waals surface area contributed by atoms with Crippen LogP contribution in [-0.2, 0) is 0 Å². The van der Waals surface area contributed by atoms with Crippen molar-refractivity contribution in [2.45, 2.75) is 25.8 Å². The van der Waals surface area contributed by atoms with E-state index in [0.717, 1.165) is 43.1 Å². The lowest BCUT2D eigenvalue weighted by Gasteiger charge is -2.23. The SMILES string of the molecule is COc1ccc(OCCN(C)C(=O)c2nnn(C3CCNCC3)c2C)cc1. The first-order chi connectivity index (χ1) is 13.1. The Balaban J connectivity index is 1.54. The fraction of sp³-hybridized carbons (Fsp3) is 0.526. The van der Waals surface area contributed by atoms with Gasteiger partial charge in [-0.05, 0) is 57.1 Å². The highest BCUT2D eigenvalue weighted by atomic mass is 16.5. The summed E-state index contributed by atoms with van der Waals surface area (Å²) >= 11 is 0. The van der Waals surface area contributed by atoms with Crippen LogP contribution in [0.15, 0.2) is 24.3 Å². The second-order valence-corrected chi connectivity index (χ2v) is 6.70. The Labute approximate surface area is 159 Å². The maximum absolute atomic E-state index is 12.7. The molecule has 27 heavy (non-hydrogen) atoms. The summed E-state index contributed by atoms with van der Waals surface area (Å²) in [4.78, 5) is 14.3. The minimum atomic E-state index is -0.133. The van der Waals surface area contributed by atoms with E-state index in [9.17, 15) is 4.79 Å². The highest BCUT2D eigenvalue weighted by molar-refractivity contribution is 5.93. The quantitative estimate of drug-likeness (QED) is 0.795. The molecule has 1 aromatic carbocycles. The molecule has 1 amide bonds. The van der Waals surface area contributed by atoms with Gasteiger partial charge in [-0.2, -0.15) is 0 Å². The number of carbonyl (C=O) groups is 1. The number of rotatable bonds is 7.